The minimum absolute atomic E-state index is 0.0107. The van der Waals surface area contributed by atoms with Crippen LogP contribution in [-0.2, 0) is 11.2 Å². The molecule has 0 aliphatic rings. The number of hydrogen-bond acceptors (Lipinski definition) is 3. The van der Waals surface area contributed by atoms with E-state index in [0.29, 0.717) is 5.56 Å². The molecule has 4 nitrogen and oxygen atoms in total. The summed E-state index contributed by atoms with van der Waals surface area (Å²) >= 11 is 3.20. The van der Waals surface area contributed by atoms with Crippen LogP contribution in [0.5, 0.6) is 0 Å². The molecule has 0 saturated heterocycles. The van der Waals surface area contributed by atoms with Gasteiger partial charge in [-0.2, -0.15) is 0 Å². The van der Waals surface area contributed by atoms with Gasteiger partial charge in [0.15, 0.2) is 0 Å². The van der Waals surface area contributed by atoms with Gasteiger partial charge in [0.2, 0.25) is 0 Å². The third kappa shape index (κ3) is 2.63. The number of nitro benzene ring substituents is 1. The fraction of sp³-hybridized carbons (Fsp3) is 0.222. The van der Waals surface area contributed by atoms with Crippen molar-refractivity contribution in [1.82, 2.24) is 0 Å². The first-order valence-corrected chi connectivity index (χ1v) is 4.72. The second kappa shape index (κ2) is 4.32. The van der Waals surface area contributed by atoms with Crippen molar-refractivity contribution in [3.8, 4) is 0 Å². The highest BCUT2D eigenvalue weighted by molar-refractivity contribution is 9.10. The van der Waals surface area contributed by atoms with Crippen molar-refractivity contribution in [2.45, 2.75) is 13.3 Å². The monoisotopic (exact) mass is 257 g/mol. The van der Waals surface area contributed by atoms with E-state index in [2.05, 4.69) is 15.9 Å². The van der Waals surface area contributed by atoms with Gasteiger partial charge in [-0.3, -0.25) is 14.9 Å². The number of carbonyl (C=O) groups excluding carboxylic acids is 1. The van der Waals surface area contributed by atoms with Gasteiger partial charge in [-0.1, -0.05) is 15.9 Å². The number of carbonyl (C=O) groups is 1. The molecule has 0 aliphatic carbocycles. The summed E-state index contributed by atoms with van der Waals surface area (Å²) in [6.07, 6.45) is 0.0930. The summed E-state index contributed by atoms with van der Waals surface area (Å²) in [6, 6.07) is 4.57. The van der Waals surface area contributed by atoms with Gasteiger partial charge in [-0.05, 0) is 19.1 Å². The highest BCUT2D eigenvalue weighted by atomic mass is 79.9. The molecule has 14 heavy (non-hydrogen) atoms. The number of rotatable bonds is 3. The highest BCUT2D eigenvalue weighted by Crippen LogP contribution is 2.23. The Balaban J connectivity index is 3.15. The quantitative estimate of drug-likeness (QED) is 0.618. The molecule has 1 aromatic carbocycles. The molecule has 0 spiro atoms. The third-order valence-electron chi connectivity index (χ3n) is 1.68. The standard InChI is InChI=1S/C9H8BrNO3/c1-6(12)4-7-5-8(10)2-3-9(7)11(13)14/h2-3,5H,4H2,1H3. The van der Waals surface area contributed by atoms with Gasteiger partial charge in [-0.25, -0.2) is 0 Å². The zero-order valence-corrected chi connectivity index (χ0v) is 9.08. The molecule has 0 N–H and O–H groups in total. The van der Waals surface area contributed by atoms with E-state index < -0.39 is 4.92 Å². The Morgan fingerprint density at radius 1 is 1.57 bits per heavy atom. The van der Waals surface area contributed by atoms with Gasteiger partial charge in [0.05, 0.1) is 4.92 Å². The van der Waals surface area contributed by atoms with Crippen LogP contribution in [0.15, 0.2) is 22.7 Å². The van der Waals surface area contributed by atoms with E-state index >= 15 is 0 Å². The number of halogens is 1. The summed E-state index contributed by atoms with van der Waals surface area (Å²) in [5.74, 6) is -0.0915. The highest BCUT2D eigenvalue weighted by Gasteiger charge is 2.14. The number of Topliss-reactive ketones (excluding diaryl/α,β-unsaturated/α-hetero) is 1. The van der Waals surface area contributed by atoms with Crippen molar-refractivity contribution in [2.75, 3.05) is 0 Å². The van der Waals surface area contributed by atoms with Crippen molar-refractivity contribution < 1.29 is 9.72 Å². The maximum Gasteiger partial charge on any atom is 0.273 e. The van der Waals surface area contributed by atoms with E-state index in [1.807, 2.05) is 0 Å². The summed E-state index contributed by atoms with van der Waals surface area (Å²) in [4.78, 5) is 21.0. The zero-order valence-electron chi connectivity index (χ0n) is 7.49. The lowest BCUT2D eigenvalue weighted by molar-refractivity contribution is -0.385. The van der Waals surface area contributed by atoms with E-state index in [0.717, 1.165) is 4.47 Å². The van der Waals surface area contributed by atoms with Gasteiger partial charge >= 0.3 is 0 Å². The second-order valence-electron chi connectivity index (χ2n) is 2.91. The molecule has 0 saturated carbocycles. The predicted octanol–water partition coefficient (Wildman–Crippen LogP) is 2.49. The molecule has 0 unspecified atom stereocenters. The van der Waals surface area contributed by atoms with Crippen LogP contribution in [-0.4, -0.2) is 10.7 Å². The molecular formula is C9H8BrNO3. The molecule has 0 radical (unpaired) electrons. The van der Waals surface area contributed by atoms with E-state index in [9.17, 15) is 14.9 Å². The smallest absolute Gasteiger partial charge is 0.273 e. The molecule has 0 heterocycles. The molecule has 0 aromatic heterocycles. The van der Waals surface area contributed by atoms with Gasteiger partial charge in [0.1, 0.15) is 5.78 Å². The lowest BCUT2D eigenvalue weighted by Gasteiger charge is -2.00. The zero-order chi connectivity index (χ0) is 10.7. The summed E-state index contributed by atoms with van der Waals surface area (Å²) in [6.45, 7) is 1.41. The average molecular weight is 258 g/mol. The fourth-order valence-electron chi connectivity index (χ4n) is 1.14. The molecule has 1 rings (SSSR count). The fourth-order valence-corrected chi connectivity index (χ4v) is 1.55. The van der Waals surface area contributed by atoms with Crippen LogP contribution in [0.4, 0.5) is 5.69 Å². The maximum atomic E-state index is 10.9. The third-order valence-corrected chi connectivity index (χ3v) is 2.17. The van der Waals surface area contributed by atoms with E-state index in [1.54, 1.807) is 12.1 Å². The van der Waals surface area contributed by atoms with Crippen molar-refractivity contribution in [1.29, 1.82) is 0 Å². The number of nitrogens with zero attached hydrogens (tertiary/aromatic N) is 1. The van der Waals surface area contributed by atoms with Gasteiger partial charge in [0.25, 0.3) is 5.69 Å². The molecule has 0 aliphatic heterocycles. The van der Waals surface area contributed by atoms with Crippen molar-refractivity contribution in [2.24, 2.45) is 0 Å². The number of hydrogen-bond donors (Lipinski definition) is 0. The molecule has 5 heteroatoms. The normalized spacial score (nSPS) is 9.86. The average Bonchev–Trinajstić information content (AvgIpc) is 2.01. The summed E-state index contributed by atoms with van der Waals surface area (Å²) in [7, 11) is 0. The van der Waals surface area contributed by atoms with Crippen molar-refractivity contribution >= 4 is 27.4 Å². The largest absolute Gasteiger partial charge is 0.300 e. The Morgan fingerprint density at radius 2 is 2.21 bits per heavy atom. The lowest BCUT2D eigenvalue weighted by Crippen LogP contribution is -2.01. The van der Waals surface area contributed by atoms with Gasteiger partial charge in [-0.15, -0.1) is 0 Å². The van der Waals surface area contributed by atoms with Crippen molar-refractivity contribution in [3.63, 3.8) is 0 Å². The van der Waals surface area contributed by atoms with Crippen LogP contribution in [0.1, 0.15) is 12.5 Å². The first kappa shape index (κ1) is 10.8. The first-order chi connectivity index (χ1) is 6.50. The molecule has 0 bridgehead atoms. The number of benzene rings is 1. The van der Waals surface area contributed by atoms with Gasteiger partial charge in [0, 0.05) is 22.5 Å². The Labute approximate surface area is 89.2 Å². The van der Waals surface area contributed by atoms with Crippen LogP contribution in [0.3, 0.4) is 0 Å². The lowest BCUT2D eigenvalue weighted by atomic mass is 10.1. The number of nitro groups is 1. The number of ketones is 1. The summed E-state index contributed by atoms with van der Waals surface area (Å²) in [5.41, 5.74) is 0.431. The Bertz CT molecular complexity index is 390. The predicted molar refractivity (Wildman–Crippen MR) is 55.2 cm³/mol. The Hall–Kier alpha value is -1.23. The molecule has 0 fully saturated rings. The minimum Gasteiger partial charge on any atom is -0.300 e. The molecule has 1 aromatic rings. The van der Waals surface area contributed by atoms with Crippen molar-refractivity contribution in [3.05, 3.63) is 38.3 Å². The topological polar surface area (TPSA) is 60.2 Å². The minimum atomic E-state index is -0.481. The summed E-state index contributed by atoms with van der Waals surface area (Å²) < 4.78 is 0.736. The molecule has 74 valence electrons. The van der Waals surface area contributed by atoms with Gasteiger partial charge < -0.3 is 0 Å². The summed E-state index contributed by atoms with van der Waals surface area (Å²) in [5, 5.41) is 10.6. The maximum absolute atomic E-state index is 10.9. The second-order valence-corrected chi connectivity index (χ2v) is 3.82. The van der Waals surface area contributed by atoms with Crippen LogP contribution < -0.4 is 0 Å². The SMILES string of the molecule is CC(=O)Cc1cc(Br)ccc1[N+](=O)[O-]. The van der Waals surface area contributed by atoms with Crippen LogP contribution in [0.25, 0.3) is 0 Å². The van der Waals surface area contributed by atoms with Crippen LogP contribution in [0.2, 0.25) is 0 Å². The van der Waals surface area contributed by atoms with E-state index in [1.165, 1.54) is 13.0 Å². The van der Waals surface area contributed by atoms with E-state index in [-0.39, 0.29) is 17.9 Å². The molecule has 0 amide bonds. The van der Waals surface area contributed by atoms with E-state index in [4.69, 9.17) is 0 Å². The Kier molecular flexibility index (Phi) is 3.35. The van der Waals surface area contributed by atoms with Crippen LogP contribution in [0, 0.1) is 10.1 Å². The first-order valence-electron chi connectivity index (χ1n) is 3.93. The van der Waals surface area contributed by atoms with Crippen LogP contribution >= 0.6 is 15.9 Å². The molecule has 0 atom stereocenters. The Morgan fingerprint density at radius 3 is 2.71 bits per heavy atom. The molecular weight excluding hydrogens is 250 g/mol.